The fourth-order valence-corrected chi connectivity index (χ4v) is 5.30. The number of aliphatic hydroxyl groups excluding tert-OH is 1. The Morgan fingerprint density at radius 1 is 1.05 bits per heavy atom. The molecule has 1 amide bonds. The van der Waals surface area contributed by atoms with E-state index in [1.54, 1.807) is 12.1 Å². The summed E-state index contributed by atoms with van der Waals surface area (Å²) in [4.78, 5) is 38.4. The van der Waals surface area contributed by atoms with Crippen LogP contribution in [0, 0.1) is 20.8 Å². The molecule has 1 atom stereocenters. The molecule has 0 radical (unpaired) electrons. The van der Waals surface area contributed by atoms with Crippen molar-refractivity contribution in [3.8, 4) is 5.75 Å². The third kappa shape index (κ3) is 4.40. The van der Waals surface area contributed by atoms with E-state index in [-0.39, 0.29) is 33.6 Å². The number of hydrogen-bond acceptors (Lipinski definition) is 6. The van der Waals surface area contributed by atoms with E-state index >= 15 is 0 Å². The zero-order valence-corrected chi connectivity index (χ0v) is 23.3. The van der Waals surface area contributed by atoms with Crippen molar-refractivity contribution >= 4 is 51.7 Å². The van der Waals surface area contributed by atoms with Gasteiger partial charge in [-0.1, -0.05) is 23.7 Å². The van der Waals surface area contributed by atoms with E-state index in [4.69, 9.17) is 16.3 Å². The molecule has 8 nitrogen and oxygen atoms in total. The number of carbonyl (C=O) groups excluding carboxylic acids is 2. The lowest BCUT2D eigenvalue weighted by atomic mass is 9.94. The highest BCUT2D eigenvalue weighted by molar-refractivity contribution is 6.51. The number of aryl methyl sites for hydroxylation is 3. The van der Waals surface area contributed by atoms with E-state index < -0.39 is 17.7 Å². The number of aromatic amines is 1. The number of halogens is 1. The molecule has 200 valence electrons. The summed E-state index contributed by atoms with van der Waals surface area (Å²) in [5, 5.41) is 11.9. The number of aliphatic hydroxyl groups is 1. The Balaban J connectivity index is 1.77. The number of benzene rings is 3. The van der Waals surface area contributed by atoms with Crippen molar-refractivity contribution in [2.75, 3.05) is 31.0 Å². The minimum absolute atomic E-state index is 0.0783. The van der Waals surface area contributed by atoms with Crippen molar-refractivity contribution in [1.29, 1.82) is 0 Å². The van der Waals surface area contributed by atoms with Crippen molar-refractivity contribution in [3.63, 3.8) is 0 Å². The van der Waals surface area contributed by atoms with Crippen LogP contribution in [0.15, 0.2) is 54.1 Å². The van der Waals surface area contributed by atoms with Gasteiger partial charge in [0.15, 0.2) is 0 Å². The summed E-state index contributed by atoms with van der Waals surface area (Å²) < 4.78 is 5.47. The molecule has 1 fully saturated rings. The third-order valence-electron chi connectivity index (χ3n) is 7.13. The molecule has 39 heavy (non-hydrogen) atoms. The Morgan fingerprint density at radius 2 is 1.72 bits per heavy atom. The molecule has 1 saturated heterocycles. The quantitative estimate of drug-likeness (QED) is 0.186. The maximum Gasteiger partial charge on any atom is 0.302 e. The molecular weight excluding hydrogens is 516 g/mol. The van der Waals surface area contributed by atoms with Crippen LogP contribution in [0.25, 0.3) is 16.8 Å². The molecule has 1 aromatic heterocycles. The van der Waals surface area contributed by atoms with Crippen molar-refractivity contribution in [2.24, 2.45) is 0 Å². The molecule has 1 unspecified atom stereocenters. The maximum absolute atomic E-state index is 13.6. The third-order valence-corrected chi connectivity index (χ3v) is 7.41. The summed E-state index contributed by atoms with van der Waals surface area (Å²) in [6, 6.07) is 13.8. The largest absolute Gasteiger partial charge is 0.507 e. The minimum atomic E-state index is -0.951. The van der Waals surface area contributed by atoms with Crippen LogP contribution in [0.4, 0.5) is 11.6 Å². The van der Waals surface area contributed by atoms with E-state index in [1.807, 2.05) is 76.2 Å². The molecule has 0 bridgehead atoms. The Kier molecular flexibility index (Phi) is 6.60. The first-order valence-corrected chi connectivity index (χ1v) is 12.8. The molecule has 1 aliphatic rings. The monoisotopic (exact) mass is 544 g/mol. The number of rotatable bonds is 5. The average Bonchev–Trinajstić information content (AvgIpc) is 3.40. The highest BCUT2D eigenvalue weighted by Gasteiger charge is 2.48. The number of ketones is 1. The van der Waals surface area contributed by atoms with Crippen molar-refractivity contribution in [2.45, 2.75) is 26.8 Å². The van der Waals surface area contributed by atoms with Crippen LogP contribution in [-0.4, -0.2) is 48.0 Å². The molecule has 1 aliphatic heterocycles. The summed E-state index contributed by atoms with van der Waals surface area (Å²) in [7, 11) is 5.28. The normalized spacial score (nSPS) is 16.8. The van der Waals surface area contributed by atoms with E-state index in [0.717, 1.165) is 27.9 Å². The number of aromatic nitrogens is 2. The van der Waals surface area contributed by atoms with Crippen LogP contribution in [0.5, 0.6) is 5.75 Å². The second-order valence-electron chi connectivity index (χ2n) is 10.00. The van der Waals surface area contributed by atoms with Crippen molar-refractivity contribution in [1.82, 2.24) is 9.97 Å². The number of nitrogens with zero attached hydrogens (tertiary/aromatic N) is 3. The predicted octanol–water partition coefficient (Wildman–Crippen LogP) is 5.84. The molecule has 0 saturated carbocycles. The zero-order chi connectivity index (χ0) is 28.2. The van der Waals surface area contributed by atoms with Crippen LogP contribution >= 0.6 is 11.6 Å². The summed E-state index contributed by atoms with van der Waals surface area (Å²) >= 11 is 6.41. The first-order valence-electron chi connectivity index (χ1n) is 12.4. The first-order chi connectivity index (χ1) is 18.5. The number of hydrogen-bond donors (Lipinski definition) is 2. The van der Waals surface area contributed by atoms with Gasteiger partial charge in [0.1, 0.15) is 11.5 Å². The lowest BCUT2D eigenvalue weighted by Crippen LogP contribution is -2.30. The molecule has 0 spiro atoms. The highest BCUT2D eigenvalue weighted by atomic mass is 35.5. The second kappa shape index (κ2) is 9.78. The van der Waals surface area contributed by atoms with Gasteiger partial charge < -0.3 is 19.7 Å². The molecule has 0 aliphatic carbocycles. The van der Waals surface area contributed by atoms with Gasteiger partial charge in [0.25, 0.3) is 5.78 Å². The van der Waals surface area contributed by atoms with Gasteiger partial charge in [0, 0.05) is 19.8 Å². The van der Waals surface area contributed by atoms with Gasteiger partial charge in [0.2, 0.25) is 5.95 Å². The van der Waals surface area contributed by atoms with Crippen LogP contribution in [0.3, 0.4) is 0 Å². The number of anilines is 2. The number of amides is 1. The lowest BCUT2D eigenvalue weighted by molar-refractivity contribution is -0.132. The molecule has 4 aromatic rings. The van der Waals surface area contributed by atoms with Crippen LogP contribution < -0.4 is 14.5 Å². The smallest absolute Gasteiger partial charge is 0.302 e. The van der Waals surface area contributed by atoms with Crippen LogP contribution in [0.2, 0.25) is 5.02 Å². The molecule has 9 heteroatoms. The van der Waals surface area contributed by atoms with Crippen LogP contribution in [-0.2, 0) is 9.59 Å². The summed E-state index contributed by atoms with van der Waals surface area (Å²) in [6.45, 7) is 5.80. The number of imidazole rings is 1. The van der Waals surface area contributed by atoms with Gasteiger partial charge in [-0.25, -0.2) is 4.98 Å². The SMILES string of the molecule is COc1c(Cl)cc(C)cc1/C(O)=C1\C(=O)C(=O)N(c2nc3cc(C)c(C)cc3[nH]2)C1c1ccc(N(C)C)cc1. The second-order valence-corrected chi connectivity index (χ2v) is 10.4. The fourth-order valence-electron chi connectivity index (χ4n) is 4.95. The van der Waals surface area contributed by atoms with Crippen molar-refractivity contribution < 1.29 is 19.4 Å². The zero-order valence-electron chi connectivity index (χ0n) is 22.6. The number of fused-ring (bicyclic) bond motifs is 1. The molecule has 5 rings (SSSR count). The molecular formula is C30H29ClN4O4. The fraction of sp³-hybridized carbons (Fsp3) is 0.233. The number of nitrogens with one attached hydrogen (secondary N) is 1. The Morgan fingerprint density at radius 3 is 2.36 bits per heavy atom. The maximum atomic E-state index is 13.6. The Labute approximate surface area is 231 Å². The molecule has 2 N–H and O–H groups in total. The standard InChI is InChI=1S/C30H29ClN4O4/c1-15-11-20(28(39-6)21(31)12-15)26(36)24-25(18-7-9-19(10-8-18)34(4)5)35(29(38)27(24)37)30-32-22-13-16(2)17(3)14-23(22)33-30/h7-14,25,36H,1-6H3,(H,32,33)/b26-24+. The average molecular weight is 545 g/mol. The first kappa shape index (κ1) is 26.3. The Bertz CT molecular complexity index is 1630. The summed E-state index contributed by atoms with van der Waals surface area (Å²) in [6.07, 6.45) is 0. The van der Waals surface area contributed by atoms with Crippen LogP contribution in [0.1, 0.15) is 33.9 Å². The van der Waals surface area contributed by atoms with Gasteiger partial charge in [-0.05, 0) is 79.4 Å². The topological polar surface area (TPSA) is 98.8 Å². The lowest BCUT2D eigenvalue weighted by Gasteiger charge is -2.24. The number of H-pyrrole nitrogens is 1. The van der Waals surface area contributed by atoms with Gasteiger partial charge in [-0.2, -0.15) is 0 Å². The van der Waals surface area contributed by atoms with Gasteiger partial charge in [-0.15, -0.1) is 0 Å². The summed E-state index contributed by atoms with van der Waals surface area (Å²) in [5.41, 5.74) is 6.01. The van der Waals surface area contributed by atoms with Gasteiger partial charge in [0.05, 0.1) is 40.3 Å². The minimum Gasteiger partial charge on any atom is -0.507 e. The van der Waals surface area contributed by atoms with E-state index in [0.29, 0.717) is 11.1 Å². The van der Waals surface area contributed by atoms with Gasteiger partial charge >= 0.3 is 5.91 Å². The molecule has 2 heterocycles. The predicted molar refractivity (Wildman–Crippen MR) is 154 cm³/mol. The highest BCUT2D eigenvalue weighted by Crippen LogP contribution is 2.44. The number of methoxy groups -OCH3 is 1. The van der Waals surface area contributed by atoms with Gasteiger partial charge in [-0.3, -0.25) is 14.5 Å². The van der Waals surface area contributed by atoms with E-state index in [1.165, 1.54) is 12.0 Å². The van der Waals surface area contributed by atoms with Crippen molar-refractivity contribution in [3.05, 3.63) is 86.9 Å². The number of ether oxygens (including phenoxy) is 1. The van der Waals surface area contributed by atoms with E-state index in [2.05, 4.69) is 9.97 Å². The Hall–Kier alpha value is -4.30. The summed E-state index contributed by atoms with van der Waals surface area (Å²) in [5.74, 6) is -1.58. The number of carbonyl (C=O) groups is 2. The molecule has 3 aromatic carbocycles. The number of Topliss-reactive ketones (excluding diaryl/α,β-unsaturated/α-hetero) is 1. The van der Waals surface area contributed by atoms with E-state index in [9.17, 15) is 14.7 Å².